The Morgan fingerprint density at radius 3 is 1.88 bits per heavy atom. The molecule has 1 aromatic heterocycles. The van der Waals surface area contributed by atoms with Gasteiger partial charge in [-0.05, 0) is 63.6 Å². The van der Waals surface area contributed by atoms with Gasteiger partial charge in [0.2, 0.25) is 59.1 Å². The van der Waals surface area contributed by atoms with E-state index in [1.807, 2.05) is 0 Å². The first-order valence-corrected chi connectivity index (χ1v) is 24.2. The Balaban J connectivity index is 1.69. The summed E-state index contributed by atoms with van der Waals surface area (Å²) in [5.74, 6) is -14.5. The topological polar surface area (TPSA) is 483 Å². The van der Waals surface area contributed by atoms with Gasteiger partial charge in [-0.15, -0.1) is 0 Å². The largest absolute Gasteiger partial charge is 0.508 e. The Hall–Kier alpha value is -8.35. The van der Waals surface area contributed by atoms with Gasteiger partial charge in [-0.2, -0.15) is 12.6 Å². The van der Waals surface area contributed by atoms with Crippen LogP contribution >= 0.6 is 12.6 Å². The van der Waals surface area contributed by atoms with Gasteiger partial charge < -0.3 is 84.3 Å². The van der Waals surface area contributed by atoms with Crippen molar-refractivity contribution in [3.05, 3.63) is 48.0 Å². The summed E-state index contributed by atoms with van der Waals surface area (Å²) in [6.45, 7) is 1.50. The minimum Gasteiger partial charge on any atom is -0.508 e. The van der Waals surface area contributed by atoms with Gasteiger partial charge in [0.25, 0.3) is 0 Å². The lowest BCUT2D eigenvalue weighted by Crippen LogP contribution is -2.60. The number of hydrogen-bond donors (Lipinski definition) is 16. The predicted octanol–water partition coefficient (Wildman–Crippen LogP) is -5.61. The van der Waals surface area contributed by atoms with Gasteiger partial charge in [-0.3, -0.25) is 62.3 Å². The molecule has 17 N–H and O–H groups in total. The normalized spacial score (nSPS) is 16.1. The van der Waals surface area contributed by atoms with Crippen molar-refractivity contribution in [2.45, 2.75) is 126 Å². The predicted molar refractivity (Wildman–Crippen MR) is 264 cm³/mol. The van der Waals surface area contributed by atoms with E-state index < -0.39 is 176 Å². The molecular formula is C45H63N13O17S. The number of carboxylic acid groups (broad SMARTS) is 3. The maximum atomic E-state index is 14.0. The minimum absolute atomic E-state index is 0.00191. The number of hydrogen-bond acceptors (Lipinski definition) is 17. The summed E-state index contributed by atoms with van der Waals surface area (Å²) < 4.78 is 0. The number of imidazole rings is 1. The molecule has 1 aromatic carbocycles. The fourth-order valence-corrected chi connectivity index (χ4v) is 7.63. The molecule has 416 valence electrons. The number of aromatic amines is 1. The molecule has 0 aliphatic carbocycles. The fourth-order valence-electron chi connectivity index (χ4n) is 7.37. The molecule has 31 heteroatoms. The number of nitrogens with one attached hydrogen (secondary N) is 9. The summed E-state index contributed by atoms with van der Waals surface area (Å²) in [6.07, 6.45) is -0.186. The molecule has 0 radical (unpaired) electrons. The Morgan fingerprint density at radius 2 is 1.29 bits per heavy atom. The molecule has 0 bridgehead atoms. The van der Waals surface area contributed by atoms with Crippen molar-refractivity contribution in [2.75, 3.05) is 18.8 Å². The van der Waals surface area contributed by atoms with Crippen molar-refractivity contribution >= 4 is 89.6 Å². The van der Waals surface area contributed by atoms with Crippen LogP contribution in [0.2, 0.25) is 0 Å². The van der Waals surface area contributed by atoms with E-state index in [1.165, 1.54) is 31.6 Å². The van der Waals surface area contributed by atoms with Gasteiger partial charge in [0, 0.05) is 43.5 Å². The number of amides is 10. The molecule has 10 amide bonds. The Kier molecular flexibility index (Phi) is 24.6. The molecule has 1 aliphatic heterocycles. The third-order valence-corrected chi connectivity index (χ3v) is 11.9. The lowest BCUT2D eigenvalue weighted by Gasteiger charge is -2.30. The zero-order valence-corrected chi connectivity index (χ0v) is 42.1. The van der Waals surface area contributed by atoms with E-state index in [0.717, 1.165) is 11.8 Å². The smallest absolute Gasteiger partial charge is 0.325 e. The molecule has 2 aromatic rings. The molecular weight excluding hydrogens is 1030 g/mol. The number of benzene rings is 1. The quantitative estimate of drug-likeness (QED) is 0.0313. The van der Waals surface area contributed by atoms with Crippen molar-refractivity contribution in [2.24, 2.45) is 11.5 Å². The summed E-state index contributed by atoms with van der Waals surface area (Å²) in [4.78, 5) is 174. The van der Waals surface area contributed by atoms with Crippen molar-refractivity contribution in [3.63, 3.8) is 0 Å². The number of carbonyl (C=O) groups is 13. The summed E-state index contributed by atoms with van der Waals surface area (Å²) in [6, 6.07) is -7.26. The van der Waals surface area contributed by atoms with Gasteiger partial charge in [-0.25, -0.2) is 4.98 Å². The van der Waals surface area contributed by atoms with E-state index in [9.17, 15) is 72.5 Å². The van der Waals surface area contributed by atoms with E-state index in [-0.39, 0.29) is 38.0 Å². The number of nitrogens with two attached hydrogens (primary N) is 2. The SMILES string of the molecule is C[C@H](NC(=O)[C@H](CCC(=O)O)NC(=O)CNC(=O)[C@@H]1CCCN1C(=O)[C@H](CCC(N)=O)NC(=O)[C@H](CC(=O)O)NC(=O)[C@H](CS)NC(=O)[C@H](C)NC(=O)[C@H](Cc1cnc[nH]1)NC(=O)[C@@H](N)Cc1ccc(O)cc1)C(=O)O. The highest BCUT2D eigenvalue weighted by atomic mass is 32.1. The molecule has 9 atom stereocenters. The average Bonchev–Trinajstić information content (AvgIpc) is 4.08. The number of rotatable bonds is 31. The van der Waals surface area contributed by atoms with Crippen LogP contribution in [0.1, 0.15) is 70.1 Å². The van der Waals surface area contributed by atoms with Crippen LogP contribution in [0.4, 0.5) is 0 Å². The number of carboxylic acids is 3. The number of aliphatic carboxylic acids is 3. The monoisotopic (exact) mass is 1090 g/mol. The third kappa shape index (κ3) is 20.5. The first kappa shape index (κ1) is 61.9. The highest BCUT2D eigenvalue weighted by Crippen LogP contribution is 2.20. The number of aromatic hydroxyl groups is 1. The molecule has 1 fully saturated rings. The van der Waals surface area contributed by atoms with E-state index in [1.54, 1.807) is 12.1 Å². The van der Waals surface area contributed by atoms with Gasteiger partial charge >= 0.3 is 17.9 Å². The standard InChI is InChI=1S/C45H63N13O17S/c1-21(51-40(69)29(15-24-17-48-20-50-24)55-38(67)26(46)14-23-5-7-25(59)8-6-23)37(66)57-31(19-76)42(71)56-30(16-36(64)65)41(70)54-28(9-11-33(47)60)44(73)58-13-3-4-32(58)43(72)49-18-34(61)53-27(10-12-35(62)63)39(68)52-22(2)45(74)75/h5-8,17,20-22,26-32,59,76H,3-4,9-16,18-19,46H2,1-2H3,(H2,47,60)(H,48,50)(H,49,72)(H,51,69)(H,52,68)(H,53,61)(H,54,70)(H,55,67)(H,56,71)(H,57,66)(H,62,63)(H,64,65)(H,74,75)/t21-,22-,26-,27-,28-,29-,30-,31-,32-/m0/s1. The Morgan fingerprint density at radius 1 is 0.711 bits per heavy atom. The number of phenolic OH excluding ortho intramolecular Hbond substituents is 1. The highest BCUT2D eigenvalue weighted by molar-refractivity contribution is 7.80. The highest BCUT2D eigenvalue weighted by Gasteiger charge is 2.40. The molecule has 3 rings (SSSR count). The summed E-state index contributed by atoms with van der Waals surface area (Å²) in [7, 11) is 0. The molecule has 1 saturated heterocycles. The lowest BCUT2D eigenvalue weighted by molar-refractivity contribution is -0.143. The van der Waals surface area contributed by atoms with Crippen LogP contribution < -0.4 is 54.0 Å². The molecule has 0 spiro atoms. The Labute approximate surface area is 438 Å². The number of nitrogens with zero attached hydrogens (tertiary/aromatic N) is 2. The molecule has 30 nitrogen and oxygen atoms in total. The first-order chi connectivity index (χ1) is 35.8. The van der Waals surface area contributed by atoms with E-state index in [0.29, 0.717) is 11.3 Å². The molecule has 2 heterocycles. The van der Waals surface area contributed by atoms with Crippen LogP contribution in [0, 0.1) is 0 Å². The van der Waals surface area contributed by atoms with Crippen LogP contribution in [-0.4, -0.2) is 185 Å². The second-order valence-corrected chi connectivity index (χ2v) is 17.9. The lowest BCUT2D eigenvalue weighted by atomic mass is 10.0. The van der Waals surface area contributed by atoms with Crippen LogP contribution in [0.3, 0.4) is 0 Å². The molecule has 0 saturated carbocycles. The van der Waals surface area contributed by atoms with Gasteiger partial charge in [-0.1, -0.05) is 12.1 Å². The first-order valence-electron chi connectivity index (χ1n) is 23.6. The number of H-pyrrole nitrogens is 1. The molecule has 76 heavy (non-hydrogen) atoms. The zero-order chi connectivity index (χ0) is 56.8. The van der Waals surface area contributed by atoms with Crippen LogP contribution in [0.15, 0.2) is 36.8 Å². The molecule has 0 unspecified atom stereocenters. The third-order valence-electron chi connectivity index (χ3n) is 11.5. The minimum atomic E-state index is -1.94. The molecule has 1 aliphatic rings. The number of thiol groups is 1. The van der Waals surface area contributed by atoms with Crippen molar-refractivity contribution < 1.29 is 82.8 Å². The number of likely N-dealkylation sites (tertiary alicyclic amines) is 1. The number of phenols is 1. The second-order valence-electron chi connectivity index (χ2n) is 17.5. The van der Waals surface area contributed by atoms with Crippen molar-refractivity contribution in [3.8, 4) is 5.75 Å². The van der Waals surface area contributed by atoms with Crippen molar-refractivity contribution in [1.29, 1.82) is 0 Å². The maximum absolute atomic E-state index is 14.0. The zero-order valence-electron chi connectivity index (χ0n) is 41.2. The van der Waals surface area contributed by atoms with E-state index >= 15 is 0 Å². The summed E-state index contributed by atoms with van der Waals surface area (Å²) in [5.41, 5.74) is 12.5. The van der Waals surface area contributed by atoms with Gasteiger partial charge in [0.1, 0.15) is 54.1 Å². The van der Waals surface area contributed by atoms with Gasteiger partial charge in [0.15, 0.2) is 0 Å². The van der Waals surface area contributed by atoms with E-state index in [2.05, 4.69) is 65.1 Å². The summed E-state index contributed by atoms with van der Waals surface area (Å²) in [5, 5.41) is 56.0. The van der Waals surface area contributed by atoms with Crippen LogP contribution in [0.5, 0.6) is 5.75 Å². The summed E-state index contributed by atoms with van der Waals surface area (Å²) >= 11 is 4.11. The number of primary amides is 1. The van der Waals surface area contributed by atoms with Gasteiger partial charge in [0.05, 0.1) is 25.3 Å². The van der Waals surface area contributed by atoms with Crippen LogP contribution in [0.25, 0.3) is 0 Å². The van der Waals surface area contributed by atoms with E-state index in [4.69, 9.17) is 21.7 Å². The maximum Gasteiger partial charge on any atom is 0.325 e. The number of aromatic nitrogens is 2. The average molecular weight is 1090 g/mol. The number of carbonyl (C=O) groups excluding carboxylic acids is 10. The van der Waals surface area contributed by atoms with Crippen LogP contribution in [-0.2, 0) is 75.2 Å². The Bertz CT molecular complexity index is 2450. The van der Waals surface area contributed by atoms with Crippen molar-refractivity contribution in [1.82, 2.24) is 57.4 Å². The second kappa shape index (κ2) is 30.1. The fraction of sp³-hybridized carbons (Fsp3) is 0.511.